The molecule has 1 fully saturated rings. The first kappa shape index (κ1) is 14.5. The van der Waals surface area contributed by atoms with E-state index >= 15 is 0 Å². The second-order valence-electron chi connectivity index (χ2n) is 6.03. The van der Waals surface area contributed by atoms with Gasteiger partial charge in [-0.1, -0.05) is 37.0 Å². The summed E-state index contributed by atoms with van der Waals surface area (Å²) >= 11 is 0. The predicted molar refractivity (Wildman–Crippen MR) is 80.3 cm³/mol. The molecular weight excluding hydrogens is 234 g/mol. The quantitative estimate of drug-likeness (QED) is 0.840. The van der Waals surface area contributed by atoms with Crippen LogP contribution in [-0.2, 0) is 11.3 Å². The summed E-state index contributed by atoms with van der Waals surface area (Å²) in [7, 11) is 0. The lowest BCUT2D eigenvalue weighted by Crippen LogP contribution is -2.35. The summed E-state index contributed by atoms with van der Waals surface area (Å²) in [5, 5.41) is 0. The number of hydrogen-bond donors (Lipinski definition) is 1. The van der Waals surface area contributed by atoms with E-state index in [1.54, 1.807) is 0 Å². The van der Waals surface area contributed by atoms with Gasteiger partial charge in [0.2, 0.25) is 0 Å². The molecule has 2 atom stereocenters. The Morgan fingerprint density at radius 2 is 1.68 bits per heavy atom. The molecule has 0 aliphatic heterocycles. The first-order chi connectivity index (χ1) is 9.08. The highest BCUT2D eigenvalue weighted by Gasteiger charge is 2.21. The topological polar surface area (TPSA) is 35.2 Å². The molecule has 1 aromatic rings. The van der Waals surface area contributed by atoms with Gasteiger partial charge in [0, 0.05) is 6.04 Å². The summed E-state index contributed by atoms with van der Waals surface area (Å²) in [6.45, 7) is 7.19. The third-order valence-electron chi connectivity index (χ3n) is 4.29. The Kier molecular flexibility index (Phi) is 5.00. The molecule has 1 saturated carbocycles. The van der Waals surface area contributed by atoms with E-state index in [9.17, 15) is 0 Å². The van der Waals surface area contributed by atoms with Crippen molar-refractivity contribution in [3.63, 3.8) is 0 Å². The highest BCUT2D eigenvalue weighted by molar-refractivity contribution is 5.36. The fourth-order valence-corrected chi connectivity index (χ4v) is 3.14. The van der Waals surface area contributed by atoms with Crippen LogP contribution in [0.25, 0.3) is 0 Å². The lowest BCUT2D eigenvalue weighted by atomic mass is 10.0. The van der Waals surface area contributed by atoms with E-state index in [0.717, 1.165) is 12.8 Å². The zero-order valence-electron chi connectivity index (χ0n) is 12.5. The number of aryl methyl sites for hydroxylation is 3. The van der Waals surface area contributed by atoms with Crippen molar-refractivity contribution in [1.82, 2.24) is 0 Å². The molecule has 0 bridgehead atoms. The monoisotopic (exact) mass is 261 g/mol. The molecule has 106 valence electrons. The number of benzene rings is 1. The molecule has 2 rings (SSSR count). The minimum atomic E-state index is 0.216. The third-order valence-corrected chi connectivity index (χ3v) is 4.29. The minimum absolute atomic E-state index is 0.216. The van der Waals surface area contributed by atoms with E-state index in [1.807, 2.05) is 0 Å². The minimum Gasteiger partial charge on any atom is -0.372 e. The van der Waals surface area contributed by atoms with Crippen LogP contribution in [-0.4, -0.2) is 12.1 Å². The van der Waals surface area contributed by atoms with Gasteiger partial charge in [-0.25, -0.2) is 0 Å². The maximum Gasteiger partial charge on any atom is 0.0730 e. The highest BCUT2D eigenvalue weighted by atomic mass is 16.5. The van der Waals surface area contributed by atoms with Crippen LogP contribution in [0.4, 0.5) is 0 Å². The first-order valence-corrected chi connectivity index (χ1v) is 7.52. The average molecular weight is 261 g/mol. The van der Waals surface area contributed by atoms with Crippen molar-refractivity contribution >= 4 is 0 Å². The van der Waals surface area contributed by atoms with Gasteiger partial charge in [-0.15, -0.1) is 0 Å². The molecule has 2 heteroatoms. The van der Waals surface area contributed by atoms with Gasteiger partial charge >= 0.3 is 0 Å². The van der Waals surface area contributed by atoms with Gasteiger partial charge < -0.3 is 10.5 Å². The molecule has 0 saturated heterocycles. The van der Waals surface area contributed by atoms with Gasteiger partial charge in [0.25, 0.3) is 0 Å². The van der Waals surface area contributed by atoms with Crippen LogP contribution in [0.3, 0.4) is 0 Å². The number of hydrogen-bond acceptors (Lipinski definition) is 2. The Hall–Kier alpha value is -0.860. The molecule has 0 radical (unpaired) electrons. The molecular formula is C17H27NO. The maximum absolute atomic E-state index is 6.22. The highest BCUT2D eigenvalue weighted by Crippen LogP contribution is 2.23. The Morgan fingerprint density at radius 1 is 1.05 bits per heavy atom. The summed E-state index contributed by atoms with van der Waals surface area (Å²) < 4.78 is 6.14. The van der Waals surface area contributed by atoms with Crippen molar-refractivity contribution < 1.29 is 4.74 Å². The first-order valence-electron chi connectivity index (χ1n) is 7.52. The normalized spacial score (nSPS) is 24.2. The van der Waals surface area contributed by atoms with Gasteiger partial charge in [-0.3, -0.25) is 0 Å². The smallest absolute Gasteiger partial charge is 0.0730 e. The van der Waals surface area contributed by atoms with E-state index < -0.39 is 0 Å². The number of rotatable bonds is 3. The van der Waals surface area contributed by atoms with E-state index in [0.29, 0.717) is 6.61 Å². The van der Waals surface area contributed by atoms with Gasteiger partial charge in [0.15, 0.2) is 0 Å². The maximum atomic E-state index is 6.22. The van der Waals surface area contributed by atoms with Crippen LogP contribution in [0.15, 0.2) is 12.1 Å². The summed E-state index contributed by atoms with van der Waals surface area (Å²) in [6.07, 6.45) is 6.27. The third kappa shape index (κ3) is 3.80. The van der Waals surface area contributed by atoms with Gasteiger partial charge in [0.1, 0.15) is 0 Å². The largest absolute Gasteiger partial charge is 0.372 e. The molecule has 1 aliphatic rings. The number of nitrogens with two attached hydrogens (primary N) is 1. The van der Waals surface area contributed by atoms with Crippen molar-refractivity contribution in [2.75, 3.05) is 0 Å². The Bertz CT molecular complexity index is 404. The summed E-state index contributed by atoms with van der Waals surface area (Å²) in [5.41, 5.74) is 11.5. The van der Waals surface area contributed by atoms with Gasteiger partial charge in [0.05, 0.1) is 12.7 Å². The van der Waals surface area contributed by atoms with Crippen molar-refractivity contribution in [1.29, 1.82) is 0 Å². The zero-order chi connectivity index (χ0) is 13.8. The second-order valence-corrected chi connectivity index (χ2v) is 6.03. The average Bonchev–Trinajstić information content (AvgIpc) is 2.53. The molecule has 2 unspecified atom stereocenters. The summed E-state index contributed by atoms with van der Waals surface area (Å²) in [6, 6.07) is 4.69. The summed E-state index contributed by atoms with van der Waals surface area (Å²) in [5.74, 6) is 0. The Balaban J connectivity index is 2.01. The van der Waals surface area contributed by atoms with Crippen molar-refractivity contribution in [3.05, 3.63) is 34.4 Å². The molecule has 2 N–H and O–H groups in total. The van der Waals surface area contributed by atoms with Crippen molar-refractivity contribution in [2.24, 2.45) is 5.73 Å². The van der Waals surface area contributed by atoms with Crippen LogP contribution in [0.5, 0.6) is 0 Å². The van der Waals surface area contributed by atoms with Crippen molar-refractivity contribution in [2.45, 2.75) is 71.6 Å². The predicted octanol–water partition coefficient (Wildman–Crippen LogP) is 3.79. The SMILES string of the molecule is Cc1cc(C)c(COC2CCCCCC2N)c(C)c1. The number of ether oxygens (including phenoxy) is 1. The molecule has 0 aromatic heterocycles. The van der Waals surface area contributed by atoms with Crippen LogP contribution < -0.4 is 5.73 Å². The molecule has 0 heterocycles. The fourth-order valence-electron chi connectivity index (χ4n) is 3.14. The van der Waals surface area contributed by atoms with Crippen molar-refractivity contribution in [3.8, 4) is 0 Å². The van der Waals surface area contributed by atoms with Crippen LogP contribution in [0, 0.1) is 20.8 Å². The molecule has 0 spiro atoms. The van der Waals surface area contributed by atoms with E-state index in [-0.39, 0.29) is 12.1 Å². The Labute approximate surface area is 117 Å². The van der Waals surface area contributed by atoms with Gasteiger partial charge in [-0.2, -0.15) is 0 Å². The molecule has 1 aromatic carbocycles. The van der Waals surface area contributed by atoms with Gasteiger partial charge in [-0.05, 0) is 50.3 Å². The molecule has 1 aliphatic carbocycles. The van der Waals surface area contributed by atoms with Crippen LogP contribution >= 0.6 is 0 Å². The molecule has 2 nitrogen and oxygen atoms in total. The van der Waals surface area contributed by atoms with E-state index in [1.165, 1.54) is 41.5 Å². The molecule has 0 amide bonds. The fraction of sp³-hybridized carbons (Fsp3) is 0.647. The zero-order valence-corrected chi connectivity index (χ0v) is 12.5. The van der Waals surface area contributed by atoms with Crippen LogP contribution in [0.2, 0.25) is 0 Å². The van der Waals surface area contributed by atoms with E-state index in [4.69, 9.17) is 10.5 Å². The molecule has 19 heavy (non-hydrogen) atoms. The lowest BCUT2D eigenvalue weighted by Gasteiger charge is -2.23. The van der Waals surface area contributed by atoms with Crippen LogP contribution in [0.1, 0.15) is 54.4 Å². The summed E-state index contributed by atoms with van der Waals surface area (Å²) in [4.78, 5) is 0. The van der Waals surface area contributed by atoms with E-state index in [2.05, 4.69) is 32.9 Å². The Morgan fingerprint density at radius 3 is 2.37 bits per heavy atom. The lowest BCUT2D eigenvalue weighted by molar-refractivity contribution is 0.0190. The standard InChI is InChI=1S/C17H27NO/c1-12-9-13(2)15(14(3)10-12)11-19-17-8-6-4-5-7-16(17)18/h9-10,16-17H,4-8,11,18H2,1-3H3. The second kappa shape index (κ2) is 6.53.